The van der Waals surface area contributed by atoms with E-state index in [0.29, 0.717) is 11.9 Å². The number of ether oxygens (including phenoxy) is 1. The predicted molar refractivity (Wildman–Crippen MR) is 58.7 cm³/mol. The lowest BCUT2D eigenvalue weighted by Gasteiger charge is -2.23. The second-order valence-electron chi connectivity index (χ2n) is 3.55. The van der Waals surface area contributed by atoms with Crippen LogP contribution in [0.2, 0.25) is 0 Å². The van der Waals surface area contributed by atoms with E-state index in [1.807, 2.05) is 6.92 Å². The van der Waals surface area contributed by atoms with Gasteiger partial charge in [0.1, 0.15) is 10.8 Å². The van der Waals surface area contributed by atoms with E-state index in [2.05, 4.69) is 9.69 Å². The average Bonchev–Trinajstić information content (AvgIpc) is 2.52. The molecule has 0 amide bonds. The van der Waals surface area contributed by atoms with Crippen molar-refractivity contribution in [3.8, 4) is 0 Å². The summed E-state index contributed by atoms with van der Waals surface area (Å²) in [6, 6.07) is 0.516. The number of hydrogen-bond donors (Lipinski definition) is 2. The first-order valence-electron chi connectivity index (χ1n) is 4.83. The Hall–Kier alpha value is -0.810. The Morgan fingerprint density at radius 3 is 2.79 bits per heavy atom. The van der Waals surface area contributed by atoms with E-state index in [4.69, 9.17) is 10.5 Å². The molecule has 1 aromatic heterocycles. The highest BCUT2D eigenvalue weighted by Crippen LogP contribution is 2.27. The number of rotatable bonds is 2. The molecule has 78 valence electrons. The summed E-state index contributed by atoms with van der Waals surface area (Å²) >= 11 is 1.44. The fraction of sp³-hybridized carbons (Fsp3) is 0.667. The highest BCUT2D eigenvalue weighted by atomic mass is 32.1. The van der Waals surface area contributed by atoms with E-state index in [1.54, 1.807) is 0 Å². The zero-order valence-corrected chi connectivity index (χ0v) is 9.06. The van der Waals surface area contributed by atoms with Crippen LogP contribution in [0.3, 0.4) is 0 Å². The Bertz CT molecular complexity index is 307. The Morgan fingerprint density at radius 1 is 1.50 bits per heavy atom. The van der Waals surface area contributed by atoms with Gasteiger partial charge in [0.25, 0.3) is 0 Å². The monoisotopic (exact) mass is 213 g/mol. The average molecular weight is 213 g/mol. The van der Waals surface area contributed by atoms with Gasteiger partial charge >= 0.3 is 0 Å². The van der Waals surface area contributed by atoms with Gasteiger partial charge in [-0.3, -0.25) is 0 Å². The molecule has 0 radical (unpaired) electrons. The molecule has 0 aromatic carbocycles. The van der Waals surface area contributed by atoms with E-state index >= 15 is 0 Å². The molecule has 1 aliphatic heterocycles. The number of aromatic nitrogens is 1. The first-order chi connectivity index (χ1) is 6.77. The van der Waals surface area contributed by atoms with Gasteiger partial charge in [0, 0.05) is 24.8 Å². The summed E-state index contributed by atoms with van der Waals surface area (Å²) < 4.78 is 9.40. The van der Waals surface area contributed by atoms with Crippen molar-refractivity contribution in [2.24, 2.45) is 0 Å². The summed E-state index contributed by atoms with van der Waals surface area (Å²) in [5, 5.41) is 4.57. The summed E-state index contributed by atoms with van der Waals surface area (Å²) in [7, 11) is 0. The van der Waals surface area contributed by atoms with Crippen molar-refractivity contribution in [3.63, 3.8) is 0 Å². The zero-order valence-electron chi connectivity index (χ0n) is 8.25. The van der Waals surface area contributed by atoms with Crippen molar-refractivity contribution in [2.75, 3.05) is 24.3 Å². The van der Waals surface area contributed by atoms with Gasteiger partial charge in [-0.2, -0.15) is 4.37 Å². The van der Waals surface area contributed by atoms with Crippen LogP contribution < -0.4 is 11.1 Å². The zero-order chi connectivity index (χ0) is 9.97. The van der Waals surface area contributed by atoms with E-state index in [9.17, 15) is 0 Å². The third-order valence-corrected chi connectivity index (χ3v) is 3.41. The minimum absolute atomic E-state index is 0.516. The van der Waals surface area contributed by atoms with Gasteiger partial charge < -0.3 is 15.8 Å². The van der Waals surface area contributed by atoms with Gasteiger partial charge in [-0.1, -0.05) is 0 Å². The molecule has 1 aromatic rings. The van der Waals surface area contributed by atoms with Crippen LogP contribution in [0.5, 0.6) is 0 Å². The molecule has 3 N–H and O–H groups in total. The van der Waals surface area contributed by atoms with Crippen molar-refractivity contribution >= 4 is 22.4 Å². The number of nitrogen functional groups attached to an aromatic ring is 1. The van der Waals surface area contributed by atoms with Crippen LogP contribution in [0.25, 0.3) is 0 Å². The Labute approximate surface area is 87.6 Å². The Kier molecular flexibility index (Phi) is 2.88. The molecule has 14 heavy (non-hydrogen) atoms. The van der Waals surface area contributed by atoms with Crippen molar-refractivity contribution in [2.45, 2.75) is 25.8 Å². The van der Waals surface area contributed by atoms with E-state index < -0.39 is 0 Å². The molecule has 1 aliphatic rings. The van der Waals surface area contributed by atoms with Crippen LogP contribution in [0.4, 0.5) is 10.8 Å². The van der Waals surface area contributed by atoms with Crippen LogP contribution in [0.15, 0.2) is 0 Å². The van der Waals surface area contributed by atoms with Crippen molar-refractivity contribution in [3.05, 3.63) is 5.56 Å². The summed E-state index contributed by atoms with van der Waals surface area (Å²) in [6.07, 6.45) is 2.13. The van der Waals surface area contributed by atoms with Crippen LogP contribution in [-0.2, 0) is 4.74 Å². The molecular weight excluding hydrogens is 198 g/mol. The lowest BCUT2D eigenvalue weighted by Crippen LogP contribution is -2.27. The number of hydrogen-bond acceptors (Lipinski definition) is 5. The second-order valence-corrected chi connectivity index (χ2v) is 4.33. The van der Waals surface area contributed by atoms with Crippen molar-refractivity contribution in [1.29, 1.82) is 0 Å². The maximum absolute atomic E-state index is 5.68. The van der Waals surface area contributed by atoms with Gasteiger partial charge in [-0.05, 0) is 31.3 Å². The molecular formula is C9H15N3OS. The lowest BCUT2D eigenvalue weighted by molar-refractivity contribution is 0.0905. The maximum atomic E-state index is 5.68. The van der Waals surface area contributed by atoms with Gasteiger partial charge in [0.05, 0.1) is 0 Å². The minimum atomic E-state index is 0.516. The molecule has 0 bridgehead atoms. The number of nitrogens with two attached hydrogens (primary N) is 1. The number of nitrogens with one attached hydrogen (secondary N) is 1. The molecule has 2 heterocycles. The standard InChI is InChI=1S/C9H15N3OS/c1-6-8(10)12-14-9(6)11-7-2-4-13-5-3-7/h7,11H,2-5H2,1H3,(H2,10,12). The largest absolute Gasteiger partial charge is 0.383 e. The molecule has 0 aliphatic carbocycles. The molecule has 4 nitrogen and oxygen atoms in total. The molecule has 0 spiro atoms. The highest BCUT2D eigenvalue weighted by Gasteiger charge is 2.16. The third-order valence-electron chi connectivity index (χ3n) is 2.52. The summed E-state index contributed by atoms with van der Waals surface area (Å²) in [6.45, 7) is 3.70. The van der Waals surface area contributed by atoms with Crippen molar-refractivity contribution in [1.82, 2.24) is 4.37 Å². The van der Waals surface area contributed by atoms with E-state index in [0.717, 1.165) is 36.6 Å². The van der Waals surface area contributed by atoms with Gasteiger partial charge in [0.15, 0.2) is 0 Å². The second kappa shape index (κ2) is 4.14. The molecule has 1 fully saturated rings. The third kappa shape index (κ3) is 1.99. The van der Waals surface area contributed by atoms with Gasteiger partial charge in [-0.25, -0.2) is 0 Å². The lowest BCUT2D eigenvalue weighted by atomic mass is 10.1. The molecule has 0 unspecified atom stereocenters. The van der Waals surface area contributed by atoms with Crippen LogP contribution >= 0.6 is 11.5 Å². The summed E-state index contributed by atoms with van der Waals surface area (Å²) in [5.74, 6) is 0.643. The smallest absolute Gasteiger partial charge is 0.142 e. The normalized spacial score (nSPS) is 18.4. The minimum Gasteiger partial charge on any atom is -0.383 e. The molecule has 2 rings (SSSR count). The summed E-state index contributed by atoms with van der Waals surface area (Å²) in [4.78, 5) is 0. The topological polar surface area (TPSA) is 60.2 Å². The summed E-state index contributed by atoms with van der Waals surface area (Å²) in [5.41, 5.74) is 6.75. The van der Waals surface area contributed by atoms with Gasteiger partial charge in [0.2, 0.25) is 0 Å². The van der Waals surface area contributed by atoms with Crippen LogP contribution in [-0.4, -0.2) is 23.6 Å². The van der Waals surface area contributed by atoms with Crippen molar-refractivity contribution < 1.29 is 4.74 Å². The fourth-order valence-corrected chi connectivity index (χ4v) is 2.30. The molecule has 0 saturated carbocycles. The first kappa shape index (κ1) is 9.73. The first-order valence-corrected chi connectivity index (χ1v) is 5.60. The van der Waals surface area contributed by atoms with E-state index in [-0.39, 0.29) is 0 Å². The molecule has 5 heteroatoms. The number of nitrogens with zero attached hydrogens (tertiary/aromatic N) is 1. The van der Waals surface area contributed by atoms with Crippen LogP contribution in [0.1, 0.15) is 18.4 Å². The van der Waals surface area contributed by atoms with Gasteiger partial charge in [-0.15, -0.1) is 0 Å². The van der Waals surface area contributed by atoms with E-state index in [1.165, 1.54) is 11.5 Å². The number of anilines is 2. The fourth-order valence-electron chi connectivity index (χ4n) is 1.51. The molecule has 1 saturated heterocycles. The quantitative estimate of drug-likeness (QED) is 0.783. The Balaban J connectivity index is 1.99. The molecule has 0 atom stereocenters. The SMILES string of the molecule is Cc1c(N)nsc1NC1CCOCC1. The van der Waals surface area contributed by atoms with Crippen LogP contribution in [0, 0.1) is 6.92 Å². The maximum Gasteiger partial charge on any atom is 0.142 e. The Morgan fingerprint density at radius 2 is 2.21 bits per heavy atom. The highest BCUT2D eigenvalue weighted by molar-refractivity contribution is 7.10. The predicted octanol–water partition coefficient (Wildman–Crippen LogP) is 1.62.